The second-order valence-electron chi connectivity index (χ2n) is 5.74. The van der Waals surface area contributed by atoms with Gasteiger partial charge in [0, 0.05) is 25.8 Å². The van der Waals surface area contributed by atoms with E-state index in [-0.39, 0.29) is 0 Å². The summed E-state index contributed by atoms with van der Waals surface area (Å²) in [6, 6.07) is 2.14. The summed E-state index contributed by atoms with van der Waals surface area (Å²) in [4.78, 5) is 6.95. The largest absolute Gasteiger partial charge is 0.357 e. The van der Waals surface area contributed by atoms with Crippen LogP contribution in [0.15, 0.2) is 12.3 Å². The average molecular weight is 296 g/mol. The van der Waals surface area contributed by atoms with Crippen LogP contribution in [-0.2, 0) is 6.54 Å². The number of hydrogen-bond acceptors (Lipinski definition) is 3. The highest BCUT2D eigenvalue weighted by Gasteiger charge is 2.18. The standard InChI is InChI=1S/C16H26ClN3/c1-3-5-13-6-4-8-20(9-7-13)16-10-14(11-18-2)15(17)12-19-16/h10,12-13,18H,3-9,11H2,1-2H3. The van der Waals surface area contributed by atoms with Crippen molar-refractivity contribution in [3.8, 4) is 0 Å². The monoisotopic (exact) mass is 295 g/mol. The van der Waals surface area contributed by atoms with Gasteiger partial charge in [-0.1, -0.05) is 31.4 Å². The minimum absolute atomic E-state index is 0.752. The maximum absolute atomic E-state index is 6.19. The molecule has 112 valence electrons. The molecule has 1 aromatic heterocycles. The highest BCUT2D eigenvalue weighted by atomic mass is 35.5. The molecule has 1 saturated heterocycles. The van der Waals surface area contributed by atoms with Crippen LogP contribution in [0.4, 0.5) is 5.82 Å². The molecule has 0 spiro atoms. The van der Waals surface area contributed by atoms with Gasteiger partial charge >= 0.3 is 0 Å². The first kappa shape index (κ1) is 15.6. The lowest BCUT2D eigenvalue weighted by Crippen LogP contribution is -2.25. The molecule has 0 bridgehead atoms. The molecule has 1 aliphatic rings. The molecule has 2 rings (SSSR count). The highest BCUT2D eigenvalue weighted by molar-refractivity contribution is 6.31. The van der Waals surface area contributed by atoms with Gasteiger partial charge in [-0.2, -0.15) is 0 Å². The number of pyridine rings is 1. The summed E-state index contributed by atoms with van der Waals surface area (Å²) in [6.07, 6.45) is 8.39. The number of rotatable bonds is 5. The Labute approximate surface area is 127 Å². The Hall–Kier alpha value is -0.800. The van der Waals surface area contributed by atoms with Crippen LogP contribution < -0.4 is 10.2 Å². The Balaban J connectivity index is 2.05. The zero-order valence-electron chi connectivity index (χ0n) is 12.7. The van der Waals surface area contributed by atoms with Crippen molar-refractivity contribution in [2.45, 2.75) is 45.6 Å². The molecule has 0 saturated carbocycles. The quantitative estimate of drug-likeness (QED) is 0.894. The van der Waals surface area contributed by atoms with Gasteiger partial charge in [-0.15, -0.1) is 0 Å². The molecule has 1 unspecified atom stereocenters. The van der Waals surface area contributed by atoms with Gasteiger partial charge in [0.1, 0.15) is 5.82 Å². The fourth-order valence-electron chi connectivity index (χ4n) is 3.06. The second-order valence-corrected chi connectivity index (χ2v) is 6.14. The minimum atomic E-state index is 0.752. The van der Waals surface area contributed by atoms with E-state index < -0.39 is 0 Å². The number of nitrogens with one attached hydrogen (secondary N) is 1. The minimum Gasteiger partial charge on any atom is -0.357 e. The van der Waals surface area contributed by atoms with Crippen molar-refractivity contribution in [1.82, 2.24) is 10.3 Å². The third-order valence-corrected chi connectivity index (χ3v) is 4.50. The molecular weight excluding hydrogens is 270 g/mol. The Morgan fingerprint density at radius 3 is 3.00 bits per heavy atom. The van der Waals surface area contributed by atoms with Crippen molar-refractivity contribution in [1.29, 1.82) is 0 Å². The van der Waals surface area contributed by atoms with Crippen molar-refractivity contribution in [3.63, 3.8) is 0 Å². The van der Waals surface area contributed by atoms with Gasteiger partial charge in [0.15, 0.2) is 0 Å². The maximum Gasteiger partial charge on any atom is 0.128 e. The Bertz CT molecular complexity index is 422. The van der Waals surface area contributed by atoms with E-state index in [0.717, 1.165) is 42.0 Å². The lowest BCUT2D eigenvalue weighted by Gasteiger charge is -2.22. The number of nitrogens with zero attached hydrogens (tertiary/aromatic N) is 2. The van der Waals surface area contributed by atoms with Crippen LogP contribution in [0.25, 0.3) is 0 Å². The van der Waals surface area contributed by atoms with Gasteiger partial charge in [-0.05, 0) is 43.9 Å². The second kappa shape index (κ2) is 7.84. The molecule has 0 aliphatic carbocycles. The molecule has 20 heavy (non-hydrogen) atoms. The normalized spacial score (nSPS) is 19.9. The van der Waals surface area contributed by atoms with Crippen LogP contribution in [0.3, 0.4) is 0 Å². The van der Waals surface area contributed by atoms with Crippen molar-refractivity contribution >= 4 is 17.4 Å². The van der Waals surface area contributed by atoms with Crippen molar-refractivity contribution < 1.29 is 0 Å². The third kappa shape index (κ3) is 4.10. The SMILES string of the molecule is CCCC1CCCN(c2cc(CNC)c(Cl)cn2)CC1. The van der Waals surface area contributed by atoms with Crippen LogP contribution in [-0.4, -0.2) is 25.1 Å². The first-order valence-corrected chi connectivity index (χ1v) is 8.16. The predicted octanol–water partition coefficient (Wildman–Crippen LogP) is 3.86. The van der Waals surface area contributed by atoms with Crippen molar-refractivity contribution in [2.24, 2.45) is 5.92 Å². The summed E-state index contributed by atoms with van der Waals surface area (Å²) >= 11 is 6.19. The van der Waals surface area contributed by atoms with Crippen LogP contribution in [0.1, 0.15) is 44.6 Å². The molecule has 1 aliphatic heterocycles. The van der Waals surface area contributed by atoms with Gasteiger partial charge in [-0.3, -0.25) is 0 Å². The summed E-state index contributed by atoms with van der Waals surface area (Å²) in [6.45, 7) is 5.32. The van der Waals surface area contributed by atoms with E-state index in [9.17, 15) is 0 Å². The zero-order chi connectivity index (χ0) is 14.4. The Morgan fingerprint density at radius 1 is 1.40 bits per heavy atom. The molecule has 0 amide bonds. The Morgan fingerprint density at radius 2 is 2.25 bits per heavy atom. The molecule has 1 aromatic rings. The number of halogens is 1. The molecule has 4 heteroatoms. The molecule has 1 fully saturated rings. The number of hydrogen-bond donors (Lipinski definition) is 1. The smallest absolute Gasteiger partial charge is 0.128 e. The van der Waals surface area contributed by atoms with E-state index in [1.165, 1.54) is 32.1 Å². The average Bonchev–Trinajstić information content (AvgIpc) is 2.68. The lowest BCUT2D eigenvalue weighted by atomic mass is 9.96. The summed E-state index contributed by atoms with van der Waals surface area (Å²) in [5.74, 6) is 1.98. The molecule has 1 N–H and O–H groups in total. The van der Waals surface area contributed by atoms with E-state index >= 15 is 0 Å². The van der Waals surface area contributed by atoms with Gasteiger partial charge in [0.2, 0.25) is 0 Å². The molecule has 1 atom stereocenters. The van der Waals surface area contributed by atoms with Crippen LogP contribution >= 0.6 is 11.6 Å². The zero-order valence-corrected chi connectivity index (χ0v) is 13.4. The van der Waals surface area contributed by atoms with E-state index in [0.29, 0.717) is 0 Å². The van der Waals surface area contributed by atoms with Crippen LogP contribution in [0, 0.1) is 5.92 Å². The molecule has 0 radical (unpaired) electrons. The van der Waals surface area contributed by atoms with Crippen LogP contribution in [0.2, 0.25) is 5.02 Å². The molecule has 3 nitrogen and oxygen atoms in total. The van der Waals surface area contributed by atoms with Gasteiger partial charge in [-0.25, -0.2) is 4.98 Å². The lowest BCUT2D eigenvalue weighted by molar-refractivity contribution is 0.435. The van der Waals surface area contributed by atoms with Gasteiger partial charge in [0.25, 0.3) is 0 Å². The maximum atomic E-state index is 6.19. The van der Waals surface area contributed by atoms with Crippen molar-refractivity contribution in [2.75, 3.05) is 25.0 Å². The molecule has 2 heterocycles. The van der Waals surface area contributed by atoms with Crippen LogP contribution in [0.5, 0.6) is 0 Å². The van der Waals surface area contributed by atoms with Crippen molar-refractivity contribution in [3.05, 3.63) is 22.8 Å². The molecule has 0 aromatic carbocycles. The predicted molar refractivity (Wildman–Crippen MR) is 86.5 cm³/mol. The highest BCUT2D eigenvalue weighted by Crippen LogP contribution is 2.26. The Kier molecular flexibility index (Phi) is 6.11. The fourth-order valence-corrected chi connectivity index (χ4v) is 3.23. The number of anilines is 1. The first-order chi connectivity index (χ1) is 9.74. The third-order valence-electron chi connectivity index (χ3n) is 4.16. The summed E-state index contributed by atoms with van der Waals surface area (Å²) < 4.78 is 0. The van der Waals surface area contributed by atoms with E-state index in [1.807, 2.05) is 7.05 Å². The van der Waals surface area contributed by atoms with E-state index in [2.05, 4.69) is 28.2 Å². The fraction of sp³-hybridized carbons (Fsp3) is 0.688. The first-order valence-electron chi connectivity index (χ1n) is 7.78. The summed E-state index contributed by atoms with van der Waals surface area (Å²) in [5, 5.41) is 3.91. The van der Waals surface area contributed by atoms with E-state index in [1.54, 1.807) is 6.20 Å². The van der Waals surface area contributed by atoms with E-state index in [4.69, 9.17) is 11.6 Å². The van der Waals surface area contributed by atoms with Gasteiger partial charge in [0.05, 0.1) is 5.02 Å². The molecular formula is C16H26ClN3. The summed E-state index contributed by atoms with van der Waals surface area (Å²) in [5.41, 5.74) is 1.13. The topological polar surface area (TPSA) is 28.2 Å². The number of aromatic nitrogens is 1. The summed E-state index contributed by atoms with van der Waals surface area (Å²) in [7, 11) is 1.94. The van der Waals surface area contributed by atoms with Gasteiger partial charge < -0.3 is 10.2 Å².